The summed E-state index contributed by atoms with van der Waals surface area (Å²) < 4.78 is 27.8. The lowest BCUT2D eigenvalue weighted by molar-refractivity contribution is -0.113. The highest BCUT2D eigenvalue weighted by atomic mass is 35.5. The minimum atomic E-state index is -3.73. The summed E-state index contributed by atoms with van der Waals surface area (Å²) in [5.74, 6) is 0.506. The normalized spacial score (nSPS) is 11.2. The van der Waals surface area contributed by atoms with E-state index in [0.29, 0.717) is 27.2 Å². The van der Waals surface area contributed by atoms with Crippen molar-refractivity contribution < 1.29 is 13.2 Å². The number of thioether (sulfide) groups is 1. The van der Waals surface area contributed by atoms with Gasteiger partial charge in [0.05, 0.1) is 16.3 Å². The van der Waals surface area contributed by atoms with E-state index in [1.165, 1.54) is 23.9 Å². The smallest absolute Gasteiger partial charge is 0.261 e. The third-order valence-corrected chi connectivity index (χ3v) is 7.43. The molecule has 0 bridgehead atoms. The van der Waals surface area contributed by atoms with Crippen molar-refractivity contribution in [2.45, 2.75) is 17.6 Å². The van der Waals surface area contributed by atoms with Crippen molar-refractivity contribution in [2.24, 2.45) is 0 Å². The monoisotopic (exact) mass is 494 g/mol. The van der Waals surface area contributed by atoms with E-state index in [4.69, 9.17) is 23.2 Å². The van der Waals surface area contributed by atoms with Gasteiger partial charge in [0.1, 0.15) is 0 Å². The molecule has 0 fully saturated rings. The first-order valence-corrected chi connectivity index (χ1v) is 12.6. The zero-order valence-electron chi connectivity index (χ0n) is 16.6. The number of halogens is 2. The highest BCUT2D eigenvalue weighted by Crippen LogP contribution is 2.28. The second-order valence-electron chi connectivity index (χ2n) is 6.69. The molecule has 3 rings (SSSR count). The fraction of sp³-hybridized carbons (Fsp3) is 0.136. The van der Waals surface area contributed by atoms with E-state index in [1.807, 2.05) is 19.1 Å². The van der Waals surface area contributed by atoms with Crippen molar-refractivity contribution in [1.29, 1.82) is 0 Å². The minimum Gasteiger partial charge on any atom is -0.325 e. The molecule has 0 spiro atoms. The molecule has 0 aliphatic heterocycles. The first kappa shape index (κ1) is 23.5. The number of sulfonamides is 1. The van der Waals surface area contributed by atoms with E-state index in [-0.39, 0.29) is 16.6 Å². The van der Waals surface area contributed by atoms with Crippen molar-refractivity contribution in [2.75, 3.05) is 15.8 Å². The number of nitrogens with one attached hydrogen (secondary N) is 2. The second-order valence-corrected chi connectivity index (χ2v) is 10.2. The Morgan fingerprint density at radius 1 is 0.935 bits per heavy atom. The topological polar surface area (TPSA) is 75.3 Å². The van der Waals surface area contributed by atoms with Gasteiger partial charge < -0.3 is 5.32 Å². The molecule has 31 heavy (non-hydrogen) atoms. The number of carbonyl (C=O) groups excluding carboxylic acids is 1. The van der Waals surface area contributed by atoms with Gasteiger partial charge in [-0.05, 0) is 60.5 Å². The lowest BCUT2D eigenvalue weighted by atomic mass is 10.2. The lowest BCUT2D eigenvalue weighted by Gasteiger charge is -2.11. The number of hydrogen-bond acceptors (Lipinski definition) is 4. The first-order chi connectivity index (χ1) is 14.8. The summed E-state index contributed by atoms with van der Waals surface area (Å²) in [4.78, 5) is 12.3. The number of hydrogen-bond donors (Lipinski definition) is 2. The van der Waals surface area contributed by atoms with Gasteiger partial charge in [-0.25, -0.2) is 8.42 Å². The van der Waals surface area contributed by atoms with Gasteiger partial charge in [0, 0.05) is 21.5 Å². The van der Waals surface area contributed by atoms with Gasteiger partial charge in [-0.15, -0.1) is 11.8 Å². The Morgan fingerprint density at radius 3 is 2.23 bits per heavy atom. The van der Waals surface area contributed by atoms with E-state index < -0.39 is 10.0 Å². The standard InChI is InChI=1S/C22H20Cl2N2O3S2/c1-15-5-2-3-8-21(15)26-31(28,29)17-11-9-16(10-12-17)25-22(27)14-30-13-18-19(23)6-4-7-20(18)24/h2-12,26H,13-14H2,1H3,(H,25,27). The number of anilines is 2. The quantitative estimate of drug-likeness (QED) is 0.404. The molecule has 0 saturated carbocycles. The number of aryl methyl sites for hydroxylation is 1. The summed E-state index contributed by atoms with van der Waals surface area (Å²) in [5, 5.41) is 3.89. The summed E-state index contributed by atoms with van der Waals surface area (Å²) in [6, 6.07) is 18.4. The second kappa shape index (κ2) is 10.4. The van der Waals surface area contributed by atoms with Crippen LogP contribution < -0.4 is 10.0 Å². The van der Waals surface area contributed by atoms with E-state index >= 15 is 0 Å². The summed E-state index contributed by atoms with van der Waals surface area (Å²) in [7, 11) is -3.73. The van der Waals surface area contributed by atoms with Crippen LogP contribution in [0.4, 0.5) is 11.4 Å². The average molecular weight is 495 g/mol. The molecular weight excluding hydrogens is 475 g/mol. The van der Waals surface area contributed by atoms with Gasteiger partial charge in [-0.1, -0.05) is 47.5 Å². The third kappa shape index (κ3) is 6.40. The van der Waals surface area contributed by atoms with Crippen LogP contribution in [-0.4, -0.2) is 20.1 Å². The van der Waals surface area contributed by atoms with Gasteiger partial charge in [0.25, 0.3) is 10.0 Å². The van der Waals surface area contributed by atoms with Crippen LogP contribution in [0.5, 0.6) is 0 Å². The molecule has 3 aromatic rings. The molecule has 0 saturated heterocycles. The Morgan fingerprint density at radius 2 is 1.58 bits per heavy atom. The Bertz CT molecular complexity index is 1160. The van der Waals surface area contributed by atoms with Crippen LogP contribution in [0.1, 0.15) is 11.1 Å². The molecular formula is C22H20Cl2N2O3S2. The molecule has 0 heterocycles. The van der Waals surface area contributed by atoms with Crippen molar-refractivity contribution in [3.05, 3.63) is 87.9 Å². The Labute approximate surface area is 196 Å². The lowest BCUT2D eigenvalue weighted by Crippen LogP contribution is -2.15. The van der Waals surface area contributed by atoms with Crippen molar-refractivity contribution in [1.82, 2.24) is 0 Å². The van der Waals surface area contributed by atoms with Crippen molar-refractivity contribution >= 4 is 62.3 Å². The van der Waals surface area contributed by atoms with Crippen LogP contribution in [0, 0.1) is 6.92 Å². The van der Waals surface area contributed by atoms with Crippen LogP contribution >= 0.6 is 35.0 Å². The molecule has 2 N–H and O–H groups in total. The Balaban J connectivity index is 1.56. The fourth-order valence-electron chi connectivity index (χ4n) is 2.72. The van der Waals surface area contributed by atoms with Gasteiger partial charge in [-0.3, -0.25) is 9.52 Å². The van der Waals surface area contributed by atoms with Gasteiger partial charge in [-0.2, -0.15) is 0 Å². The molecule has 9 heteroatoms. The van der Waals surface area contributed by atoms with E-state index in [0.717, 1.165) is 11.1 Å². The van der Waals surface area contributed by atoms with Gasteiger partial charge >= 0.3 is 0 Å². The molecule has 1 amide bonds. The largest absolute Gasteiger partial charge is 0.325 e. The zero-order chi connectivity index (χ0) is 22.4. The summed E-state index contributed by atoms with van der Waals surface area (Å²) in [6.07, 6.45) is 0. The molecule has 0 radical (unpaired) electrons. The molecule has 3 aromatic carbocycles. The maximum absolute atomic E-state index is 12.6. The number of amides is 1. The first-order valence-electron chi connectivity index (χ1n) is 9.25. The van der Waals surface area contributed by atoms with Crippen LogP contribution in [0.2, 0.25) is 10.0 Å². The van der Waals surface area contributed by atoms with Gasteiger partial charge in [0.15, 0.2) is 0 Å². The van der Waals surface area contributed by atoms with Crippen LogP contribution in [0.15, 0.2) is 71.6 Å². The van der Waals surface area contributed by atoms with Crippen molar-refractivity contribution in [3.63, 3.8) is 0 Å². The SMILES string of the molecule is Cc1ccccc1NS(=O)(=O)c1ccc(NC(=O)CSCc2c(Cl)cccc2Cl)cc1. The number of benzene rings is 3. The number of carbonyl (C=O) groups is 1. The predicted molar refractivity (Wildman–Crippen MR) is 130 cm³/mol. The molecule has 0 aliphatic rings. The third-order valence-electron chi connectivity index (χ3n) is 4.38. The highest BCUT2D eigenvalue weighted by Gasteiger charge is 2.15. The molecule has 0 unspecified atom stereocenters. The summed E-state index contributed by atoms with van der Waals surface area (Å²) >= 11 is 13.7. The number of para-hydroxylation sites is 1. The number of rotatable bonds is 8. The maximum atomic E-state index is 12.6. The Kier molecular flexibility index (Phi) is 7.89. The predicted octanol–water partition coefficient (Wildman–Crippen LogP) is 5.97. The molecule has 5 nitrogen and oxygen atoms in total. The highest BCUT2D eigenvalue weighted by molar-refractivity contribution is 7.99. The summed E-state index contributed by atoms with van der Waals surface area (Å²) in [6.45, 7) is 1.83. The Hall–Kier alpha value is -2.19. The van der Waals surface area contributed by atoms with Crippen LogP contribution in [0.3, 0.4) is 0 Å². The zero-order valence-corrected chi connectivity index (χ0v) is 19.7. The average Bonchev–Trinajstić information content (AvgIpc) is 2.72. The molecule has 0 aromatic heterocycles. The van der Waals surface area contributed by atoms with Crippen LogP contribution in [-0.2, 0) is 20.6 Å². The molecule has 162 valence electrons. The van der Waals surface area contributed by atoms with Gasteiger partial charge in [0.2, 0.25) is 5.91 Å². The molecule has 0 atom stereocenters. The van der Waals surface area contributed by atoms with Crippen LogP contribution in [0.25, 0.3) is 0 Å². The molecule has 0 aliphatic carbocycles. The minimum absolute atomic E-state index is 0.108. The van der Waals surface area contributed by atoms with E-state index in [1.54, 1.807) is 42.5 Å². The van der Waals surface area contributed by atoms with E-state index in [9.17, 15) is 13.2 Å². The van der Waals surface area contributed by atoms with Crippen molar-refractivity contribution in [3.8, 4) is 0 Å². The summed E-state index contributed by atoms with van der Waals surface area (Å²) in [5.41, 5.74) is 2.65. The fourth-order valence-corrected chi connectivity index (χ4v) is 5.42. The van der Waals surface area contributed by atoms with E-state index in [2.05, 4.69) is 10.0 Å². The maximum Gasteiger partial charge on any atom is 0.261 e.